The third kappa shape index (κ3) is 4.33. The van der Waals surface area contributed by atoms with Gasteiger partial charge >= 0.3 is 6.36 Å². The molecule has 4 nitrogen and oxygen atoms in total. The molecule has 0 aliphatic heterocycles. The summed E-state index contributed by atoms with van der Waals surface area (Å²) in [6.07, 6.45) is -2.78. The zero-order valence-electron chi connectivity index (χ0n) is 13.7. The van der Waals surface area contributed by atoms with Gasteiger partial charge in [-0.15, -0.1) is 13.2 Å². The van der Waals surface area contributed by atoms with Gasteiger partial charge in [-0.2, -0.15) is 0 Å². The predicted octanol–water partition coefficient (Wildman–Crippen LogP) is 3.40. The molecule has 0 radical (unpaired) electrons. The summed E-state index contributed by atoms with van der Waals surface area (Å²) in [7, 11) is 0. The number of benzene rings is 1. The number of hydrogen-bond donors (Lipinski definition) is 2. The summed E-state index contributed by atoms with van der Waals surface area (Å²) in [4.78, 5) is 4.41. The fourth-order valence-electron chi connectivity index (χ4n) is 2.87. The molecule has 2 aliphatic carbocycles. The molecule has 2 N–H and O–H groups in total. The summed E-state index contributed by atoms with van der Waals surface area (Å²) >= 11 is 0. The van der Waals surface area contributed by atoms with Gasteiger partial charge in [-0.1, -0.05) is 25.1 Å². The molecule has 2 fully saturated rings. The van der Waals surface area contributed by atoms with E-state index in [9.17, 15) is 13.2 Å². The van der Waals surface area contributed by atoms with Crippen LogP contribution in [0.5, 0.6) is 5.75 Å². The van der Waals surface area contributed by atoms with E-state index in [1.165, 1.54) is 6.07 Å². The highest BCUT2D eigenvalue weighted by molar-refractivity contribution is 5.81. The molecule has 24 heavy (non-hydrogen) atoms. The van der Waals surface area contributed by atoms with E-state index in [2.05, 4.69) is 27.3 Å². The molecule has 0 bridgehead atoms. The van der Waals surface area contributed by atoms with Crippen molar-refractivity contribution >= 4 is 5.96 Å². The molecule has 0 heterocycles. The average Bonchev–Trinajstić information content (AvgIpc) is 3.38. The summed E-state index contributed by atoms with van der Waals surface area (Å²) < 4.78 is 41.7. The first-order chi connectivity index (χ1) is 11.4. The second kappa shape index (κ2) is 6.53. The largest absolute Gasteiger partial charge is 0.573 e. The van der Waals surface area contributed by atoms with E-state index < -0.39 is 6.36 Å². The van der Waals surface area contributed by atoms with Gasteiger partial charge < -0.3 is 15.4 Å². The molecular formula is C17H22F3N3O. The van der Waals surface area contributed by atoms with Crippen molar-refractivity contribution in [3.05, 3.63) is 29.8 Å². The Hall–Kier alpha value is -1.92. The number of nitrogens with zero attached hydrogens (tertiary/aromatic N) is 1. The monoisotopic (exact) mass is 341 g/mol. The first-order valence-corrected chi connectivity index (χ1v) is 8.29. The van der Waals surface area contributed by atoms with Crippen molar-refractivity contribution in [3.8, 4) is 5.75 Å². The quantitative estimate of drug-likeness (QED) is 0.637. The number of alkyl halides is 3. The van der Waals surface area contributed by atoms with Crippen LogP contribution in [-0.2, 0) is 0 Å². The molecule has 2 saturated carbocycles. The molecule has 0 spiro atoms. The second-order valence-electron chi connectivity index (χ2n) is 6.47. The van der Waals surface area contributed by atoms with Gasteiger partial charge in [0.25, 0.3) is 0 Å². The van der Waals surface area contributed by atoms with Crippen LogP contribution in [0.15, 0.2) is 29.3 Å². The van der Waals surface area contributed by atoms with Crippen molar-refractivity contribution in [3.63, 3.8) is 0 Å². The summed E-state index contributed by atoms with van der Waals surface area (Å²) in [5.41, 5.74) is 0.586. The Morgan fingerprint density at radius 1 is 1.21 bits per heavy atom. The lowest BCUT2D eigenvalue weighted by Crippen LogP contribution is -2.40. The first kappa shape index (κ1) is 16.9. The smallest absolute Gasteiger partial charge is 0.405 e. The lowest BCUT2D eigenvalue weighted by Gasteiger charge is -2.14. The number of halogens is 3. The van der Waals surface area contributed by atoms with Crippen molar-refractivity contribution in [1.29, 1.82) is 0 Å². The lowest BCUT2D eigenvalue weighted by molar-refractivity contribution is -0.274. The first-order valence-electron chi connectivity index (χ1n) is 8.29. The number of hydrogen-bond acceptors (Lipinski definition) is 2. The van der Waals surface area contributed by atoms with E-state index >= 15 is 0 Å². The number of rotatable bonds is 5. The van der Waals surface area contributed by atoms with Gasteiger partial charge in [0.15, 0.2) is 5.96 Å². The molecule has 2 aliphatic rings. The van der Waals surface area contributed by atoms with Gasteiger partial charge in [-0.25, -0.2) is 0 Å². The molecule has 132 valence electrons. The fraction of sp³-hybridized carbons (Fsp3) is 0.588. The Labute approximate surface area is 139 Å². The van der Waals surface area contributed by atoms with E-state index in [-0.39, 0.29) is 17.7 Å². The molecule has 4 unspecified atom stereocenters. The Kier molecular flexibility index (Phi) is 4.60. The van der Waals surface area contributed by atoms with Crippen LogP contribution in [0.3, 0.4) is 0 Å². The Morgan fingerprint density at radius 3 is 2.50 bits per heavy atom. The number of aliphatic imine (C=N–C) groups is 1. The average molecular weight is 341 g/mol. The number of ether oxygens (including phenoxy) is 1. The maximum Gasteiger partial charge on any atom is 0.573 e. The molecule has 1 aromatic carbocycles. The van der Waals surface area contributed by atoms with Crippen molar-refractivity contribution in [2.75, 3.05) is 6.54 Å². The highest BCUT2D eigenvalue weighted by Crippen LogP contribution is 2.45. The van der Waals surface area contributed by atoms with Crippen LogP contribution in [-0.4, -0.2) is 31.0 Å². The van der Waals surface area contributed by atoms with Crippen LogP contribution in [0.25, 0.3) is 0 Å². The van der Waals surface area contributed by atoms with Gasteiger partial charge in [0.2, 0.25) is 0 Å². The van der Waals surface area contributed by atoms with Crippen molar-refractivity contribution < 1.29 is 17.9 Å². The van der Waals surface area contributed by atoms with Gasteiger partial charge in [-0.05, 0) is 37.3 Å². The van der Waals surface area contributed by atoms with Crippen molar-refractivity contribution in [2.45, 2.75) is 51.1 Å². The predicted molar refractivity (Wildman–Crippen MR) is 86.1 cm³/mol. The molecule has 7 heteroatoms. The number of nitrogens with one attached hydrogen (secondary N) is 2. The normalized spacial score (nSPS) is 29.1. The zero-order chi connectivity index (χ0) is 17.3. The Morgan fingerprint density at radius 2 is 1.88 bits per heavy atom. The Balaban J connectivity index is 1.63. The highest BCUT2D eigenvalue weighted by atomic mass is 19.4. The number of para-hydroxylation sites is 1. The summed E-state index contributed by atoms with van der Waals surface area (Å²) in [6, 6.07) is 6.87. The van der Waals surface area contributed by atoms with Crippen LogP contribution in [0, 0.1) is 5.92 Å². The van der Waals surface area contributed by atoms with E-state index in [1.807, 2.05) is 6.92 Å². The third-order valence-corrected chi connectivity index (χ3v) is 4.40. The fourth-order valence-corrected chi connectivity index (χ4v) is 2.87. The highest BCUT2D eigenvalue weighted by Gasteiger charge is 2.43. The van der Waals surface area contributed by atoms with Crippen LogP contribution >= 0.6 is 0 Å². The minimum Gasteiger partial charge on any atom is -0.405 e. The summed E-state index contributed by atoms with van der Waals surface area (Å²) in [5.74, 6) is 1.28. The van der Waals surface area contributed by atoms with Gasteiger partial charge in [0.1, 0.15) is 5.75 Å². The standard InChI is InChI=1S/C17H22F3N3O/c1-3-21-16(22-13-8-10(13)2)23-14-9-12(14)11-6-4-5-7-15(11)24-17(18,19)20/h4-7,10,12-14H,3,8-9H2,1-2H3,(H2,21,22,23). The molecule has 0 saturated heterocycles. The molecule has 3 rings (SSSR count). The lowest BCUT2D eigenvalue weighted by atomic mass is 10.1. The second-order valence-corrected chi connectivity index (χ2v) is 6.47. The van der Waals surface area contributed by atoms with Crippen LogP contribution in [0.4, 0.5) is 13.2 Å². The van der Waals surface area contributed by atoms with Gasteiger partial charge in [0, 0.05) is 24.5 Å². The SMILES string of the molecule is CCN=C(NC1CC1C)NC1CC1c1ccccc1OC(F)(F)F. The molecule has 0 aromatic heterocycles. The van der Waals surface area contributed by atoms with Crippen LogP contribution < -0.4 is 15.4 Å². The zero-order valence-corrected chi connectivity index (χ0v) is 13.7. The van der Waals surface area contributed by atoms with E-state index in [4.69, 9.17) is 0 Å². The van der Waals surface area contributed by atoms with Gasteiger partial charge in [-0.3, -0.25) is 4.99 Å². The summed E-state index contributed by atoms with van der Waals surface area (Å²) in [5, 5.41) is 6.69. The van der Waals surface area contributed by atoms with E-state index in [1.54, 1.807) is 18.2 Å². The van der Waals surface area contributed by atoms with Crippen molar-refractivity contribution in [1.82, 2.24) is 10.6 Å². The summed E-state index contributed by atoms with van der Waals surface area (Å²) in [6.45, 7) is 4.78. The minimum absolute atomic E-state index is 0.00373. The van der Waals surface area contributed by atoms with E-state index in [0.717, 1.165) is 18.8 Å². The molecule has 1 aromatic rings. The van der Waals surface area contributed by atoms with Gasteiger partial charge in [0.05, 0.1) is 0 Å². The third-order valence-electron chi connectivity index (χ3n) is 4.40. The Bertz CT molecular complexity index is 617. The minimum atomic E-state index is -4.67. The van der Waals surface area contributed by atoms with Crippen LogP contribution in [0.2, 0.25) is 0 Å². The maximum atomic E-state index is 12.5. The maximum absolute atomic E-state index is 12.5. The molecular weight excluding hydrogens is 319 g/mol. The number of guanidine groups is 1. The van der Waals surface area contributed by atoms with Crippen LogP contribution in [0.1, 0.15) is 38.2 Å². The molecule has 4 atom stereocenters. The topological polar surface area (TPSA) is 45.7 Å². The van der Waals surface area contributed by atoms with E-state index in [0.29, 0.717) is 24.1 Å². The van der Waals surface area contributed by atoms with Crippen molar-refractivity contribution in [2.24, 2.45) is 10.9 Å². The molecule has 0 amide bonds.